The molecule has 6 nitrogen and oxygen atoms in total. The van der Waals surface area contributed by atoms with E-state index in [-0.39, 0.29) is 18.9 Å². The first-order valence-electron chi connectivity index (χ1n) is 7.70. The van der Waals surface area contributed by atoms with Gasteiger partial charge < -0.3 is 14.8 Å². The lowest BCUT2D eigenvalue weighted by atomic mass is 10.1. The Morgan fingerprint density at radius 1 is 1.33 bits per heavy atom. The van der Waals surface area contributed by atoms with Crippen LogP contribution in [0.15, 0.2) is 34.9 Å². The molecule has 1 aliphatic rings. The third-order valence-electron chi connectivity index (χ3n) is 4.19. The van der Waals surface area contributed by atoms with E-state index in [4.69, 9.17) is 21.1 Å². The van der Waals surface area contributed by atoms with Gasteiger partial charge in [0, 0.05) is 24.9 Å². The molecule has 1 fully saturated rings. The molecule has 1 aliphatic carbocycles. The van der Waals surface area contributed by atoms with Crippen molar-refractivity contribution in [1.29, 1.82) is 0 Å². The maximum absolute atomic E-state index is 11.8. The van der Waals surface area contributed by atoms with Gasteiger partial charge in [0.15, 0.2) is 11.7 Å². The van der Waals surface area contributed by atoms with E-state index in [1.54, 1.807) is 12.3 Å². The first kappa shape index (κ1) is 16.5. The second-order valence-corrected chi connectivity index (χ2v) is 6.37. The summed E-state index contributed by atoms with van der Waals surface area (Å²) in [5, 5.41) is 12.3. The van der Waals surface area contributed by atoms with Gasteiger partial charge in [-0.3, -0.25) is 9.59 Å². The van der Waals surface area contributed by atoms with Crippen LogP contribution >= 0.6 is 11.6 Å². The number of oxazole rings is 1. The molecular weight excluding hydrogens is 332 g/mol. The highest BCUT2D eigenvalue weighted by Crippen LogP contribution is 2.45. The van der Waals surface area contributed by atoms with Crippen molar-refractivity contribution in [3.05, 3.63) is 41.4 Å². The zero-order valence-corrected chi connectivity index (χ0v) is 13.7. The molecule has 0 saturated heterocycles. The summed E-state index contributed by atoms with van der Waals surface area (Å²) in [7, 11) is 0. The first-order valence-corrected chi connectivity index (χ1v) is 8.08. The maximum Gasteiger partial charge on any atom is 0.311 e. The van der Waals surface area contributed by atoms with Gasteiger partial charge in [-0.05, 0) is 25.0 Å². The number of amides is 1. The van der Waals surface area contributed by atoms with Crippen molar-refractivity contribution < 1.29 is 19.1 Å². The molecule has 1 saturated carbocycles. The number of carbonyl (C=O) groups excluding carboxylic acids is 1. The zero-order chi connectivity index (χ0) is 17.2. The second-order valence-electron chi connectivity index (χ2n) is 5.96. The Morgan fingerprint density at radius 2 is 2.08 bits per heavy atom. The van der Waals surface area contributed by atoms with Gasteiger partial charge in [0.2, 0.25) is 5.91 Å². The van der Waals surface area contributed by atoms with Gasteiger partial charge >= 0.3 is 5.97 Å². The van der Waals surface area contributed by atoms with Crippen LogP contribution in [0.2, 0.25) is 5.02 Å². The third kappa shape index (κ3) is 3.59. The largest absolute Gasteiger partial charge is 0.481 e. The van der Waals surface area contributed by atoms with Gasteiger partial charge in [-0.2, -0.15) is 0 Å². The summed E-state index contributed by atoms with van der Waals surface area (Å²) in [4.78, 5) is 27.1. The Balaban J connectivity index is 1.51. The topological polar surface area (TPSA) is 92.4 Å². The van der Waals surface area contributed by atoms with E-state index in [1.165, 1.54) is 0 Å². The minimum Gasteiger partial charge on any atom is -0.481 e. The molecule has 0 bridgehead atoms. The molecule has 7 heteroatoms. The Labute approximate surface area is 143 Å². The molecule has 3 rings (SSSR count). The number of nitrogens with zero attached hydrogens (tertiary/aromatic N) is 1. The van der Waals surface area contributed by atoms with Gasteiger partial charge in [0.1, 0.15) is 0 Å². The Hall–Kier alpha value is -2.34. The lowest BCUT2D eigenvalue weighted by molar-refractivity contribution is -0.143. The average Bonchev–Trinajstić information content (AvgIpc) is 3.23. The second kappa shape index (κ2) is 6.65. The Morgan fingerprint density at radius 3 is 2.75 bits per heavy atom. The average molecular weight is 349 g/mol. The number of nitrogens with one attached hydrogen (secondary N) is 1. The summed E-state index contributed by atoms with van der Waals surface area (Å²) >= 11 is 6.11. The van der Waals surface area contributed by atoms with Crippen molar-refractivity contribution in [2.24, 2.45) is 5.41 Å². The number of carboxylic acids is 1. The molecular formula is C17H17ClN2O4. The van der Waals surface area contributed by atoms with Crippen LogP contribution in [0.5, 0.6) is 0 Å². The number of carboxylic acid groups (broad SMARTS) is 1. The molecule has 1 aromatic heterocycles. The zero-order valence-electron chi connectivity index (χ0n) is 12.9. The molecule has 0 radical (unpaired) electrons. The van der Waals surface area contributed by atoms with Gasteiger partial charge in [-0.25, -0.2) is 4.98 Å². The standard InChI is InChI=1S/C17H17ClN2O4/c18-12-4-2-1-3-11(12)13-9-19-15(24-13)6-5-14(21)20-10-17(7-8-17)16(22)23/h1-4,9H,5-8,10H2,(H,20,21)(H,22,23). The van der Waals surface area contributed by atoms with Crippen molar-refractivity contribution in [2.45, 2.75) is 25.7 Å². The SMILES string of the molecule is O=C(CCc1ncc(-c2ccccc2Cl)o1)NCC1(C(=O)O)CC1. The van der Waals surface area contributed by atoms with Crippen molar-refractivity contribution >= 4 is 23.5 Å². The fraction of sp³-hybridized carbons (Fsp3) is 0.353. The highest BCUT2D eigenvalue weighted by Gasteiger charge is 2.50. The van der Waals surface area contributed by atoms with Crippen LogP contribution in [0.1, 0.15) is 25.2 Å². The van der Waals surface area contributed by atoms with Crippen LogP contribution < -0.4 is 5.32 Å². The molecule has 0 spiro atoms. The Kier molecular flexibility index (Phi) is 4.57. The predicted octanol–water partition coefficient (Wildman–Crippen LogP) is 2.91. The minimum absolute atomic E-state index is 0.178. The van der Waals surface area contributed by atoms with Crippen LogP contribution in [-0.4, -0.2) is 28.5 Å². The van der Waals surface area contributed by atoms with Crippen molar-refractivity contribution in [3.8, 4) is 11.3 Å². The Bertz CT molecular complexity index is 767. The number of aryl methyl sites for hydroxylation is 1. The summed E-state index contributed by atoms with van der Waals surface area (Å²) in [6.07, 6.45) is 3.35. The van der Waals surface area contributed by atoms with Crippen molar-refractivity contribution in [3.63, 3.8) is 0 Å². The molecule has 0 aliphatic heterocycles. The predicted molar refractivity (Wildman–Crippen MR) is 87.6 cm³/mol. The summed E-state index contributed by atoms with van der Waals surface area (Å²) in [5.74, 6) is -0.0573. The van der Waals surface area contributed by atoms with E-state index in [0.717, 1.165) is 5.56 Å². The molecule has 0 unspecified atom stereocenters. The quantitative estimate of drug-likeness (QED) is 0.802. The van der Waals surface area contributed by atoms with Crippen molar-refractivity contribution in [2.75, 3.05) is 6.54 Å². The van der Waals surface area contributed by atoms with E-state index in [0.29, 0.717) is 35.9 Å². The van der Waals surface area contributed by atoms with Gasteiger partial charge in [0.25, 0.3) is 0 Å². The fourth-order valence-corrected chi connectivity index (χ4v) is 2.63. The molecule has 2 aromatic rings. The lowest BCUT2D eigenvalue weighted by Crippen LogP contribution is -2.34. The molecule has 1 aromatic carbocycles. The number of hydrogen-bond acceptors (Lipinski definition) is 4. The molecule has 1 amide bonds. The van der Waals surface area contributed by atoms with Crippen LogP contribution in [0.3, 0.4) is 0 Å². The van der Waals surface area contributed by atoms with E-state index in [9.17, 15) is 9.59 Å². The normalized spacial score (nSPS) is 15.0. The number of benzene rings is 1. The highest BCUT2D eigenvalue weighted by atomic mass is 35.5. The molecule has 126 valence electrons. The molecule has 2 N–H and O–H groups in total. The number of hydrogen-bond donors (Lipinski definition) is 2. The lowest BCUT2D eigenvalue weighted by Gasteiger charge is -2.10. The fourth-order valence-electron chi connectivity index (χ4n) is 2.41. The molecule has 1 heterocycles. The van der Waals surface area contributed by atoms with E-state index >= 15 is 0 Å². The number of aliphatic carboxylic acids is 1. The van der Waals surface area contributed by atoms with Crippen LogP contribution in [0.4, 0.5) is 0 Å². The van der Waals surface area contributed by atoms with Crippen LogP contribution in [-0.2, 0) is 16.0 Å². The van der Waals surface area contributed by atoms with E-state index < -0.39 is 11.4 Å². The van der Waals surface area contributed by atoms with Crippen molar-refractivity contribution in [1.82, 2.24) is 10.3 Å². The number of rotatable bonds is 7. The number of halogens is 1. The number of aromatic nitrogens is 1. The van der Waals surface area contributed by atoms with Crippen LogP contribution in [0, 0.1) is 5.41 Å². The summed E-state index contributed by atoms with van der Waals surface area (Å²) < 4.78 is 5.63. The van der Waals surface area contributed by atoms with E-state index in [1.807, 2.05) is 18.2 Å². The summed E-state index contributed by atoms with van der Waals surface area (Å²) in [6.45, 7) is 0.178. The third-order valence-corrected chi connectivity index (χ3v) is 4.52. The maximum atomic E-state index is 11.8. The molecule has 0 atom stereocenters. The minimum atomic E-state index is -0.847. The monoisotopic (exact) mass is 348 g/mol. The van der Waals surface area contributed by atoms with Gasteiger partial charge in [-0.1, -0.05) is 23.7 Å². The smallest absolute Gasteiger partial charge is 0.311 e. The van der Waals surface area contributed by atoms with E-state index in [2.05, 4.69) is 10.3 Å². The molecule has 24 heavy (non-hydrogen) atoms. The van der Waals surface area contributed by atoms with Gasteiger partial charge in [-0.15, -0.1) is 0 Å². The van der Waals surface area contributed by atoms with Crippen LogP contribution in [0.25, 0.3) is 11.3 Å². The summed E-state index contributed by atoms with van der Waals surface area (Å²) in [5.41, 5.74) is -0.00461. The first-order chi connectivity index (χ1) is 11.5. The highest BCUT2D eigenvalue weighted by molar-refractivity contribution is 6.33. The summed E-state index contributed by atoms with van der Waals surface area (Å²) in [6, 6.07) is 7.28. The number of carbonyl (C=O) groups is 2. The van der Waals surface area contributed by atoms with Gasteiger partial charge in [0.05, 0.1) is 16.6 Å².